The Morgan fingerprint density at radius 1 is 1.11 bits per heavy atom. The van der Waals surface area contributed by atoms with Crippen LogP contribution in [0.2, 0.25) is 10.0 Å². The van der Waals surface area contributed by atoms with Gasteiger partial charge in [0.1, 0.15) is 0 Å². The molecule has 1 N–H and O–H groups in total. The van der Waals surface area contributed by atoms with Crippen LogP contribution in [-0.2, 0) is 20.1 Å². The van der Waals surface area contributed by atoms with E-state index in [9.17, 15) is 9.59 Å². The largest absolute Gasteiger partial charge is 0.463 e. The number of aryl methyl sites for hydroxylation is 2. The second-order valence-corrected chi connectivity index (χ2v) is 12.5. The van der Waals surface area contributed by atoms with Crippen LogP contribution >= 0.6 is 35.0 Å². The van der Waals surface area contributed by atoms with Gasteiger partial charge in [0.05, 0.1) is 17.2 Å². The zero-order chi connectivity index (χ0) is 27.1. The Kier molecular flexibility index (Phi) is 8.18. The first-order valence-corrected chi connectivity index (χ1v) is 14.2. The van der Waals surface area contributed by atoms with Gasteiger partial charge in [0.15, 0.2) is 5.78 Å². The van der Waals surface area contributed by atoms with Crippen molar-refractivity contribution < 1.29 is 14.3 Å². The van der Waals surface area contributed by atoms with Gasteiger partial charge >= 0.3 is 5.97 Å². The van der Waals surface area contributed by atoms with E-state index in [-0.39, 0.29) is 23.8 Å². The summed E-state index contributed by atoms with van der Waals surface area (Å²) in [6, 6.07) is 9.74. The highest BCUT2D eigenvalue weighted by molar-refractivity contribution is 7.98. The molecular weight excluding hydrogens is 525 g/mol. The van der Waals surface area contributed by atoms with E-state index in [1.807, 2.05) is 19.9 Å². The molecular formula is C30H33Cl2NO3S. The quantitative estimate of drug-likeness (QED) is 0.287. The van der Waals surface area contributed by atoms with E-state index < -0.39 is 5.92 Å². The van der Waals surface area contributed by atoms with Gasteiger partial charge in [-0.3, -0.25) is 4.79 Å². The predicted octanol–water partition coefficient (Wildman–Crippen LogP) is 8.07. The number of hydrogen-bond acceptors (Lipinski definition) is 5. The minimum absolute atomic E-state index is 0.0830. The Balaban J connectivity index is 1.82. The van der Waals surface area contributed by atoms with Crippen molar-refractivity contribution >= 4 is 46.7 Å². The molecule has 1 aliphatic heterocycles. The molecule has 0 fully saturated rings. The van der Waals surface area contributed by atoms with Crippen molar-refractivity contribution in [1.82, 2.24) is 5.32 Å². The number of hydrogen-bond donors (Lipinski definition) is 1. The van der Waals surface area contributed by atoms with Crippen LogP contribution in [0.1, 0.15) is 68.7 Å². The van der Waals surface area contributed by atoms with E-state index in [4.69, 9.17) is 27.9 Å². The van der Waals surface area contributed by atoms with Gasteiger partial charge in [-0.1, -0.05) is 49.2 Å². The Labute approximate surface area is 233 Å². The molecule has 0 spiro atoms. The summed E-state index contributed by atoms with van der Waals surface area (Å²) < 4.78 is 5.48. The first-order chi connectivity index (χ1) is 17.4. The fourth-order valence-corrected chi connectivity index (χ4v) is 6.91. The summed E-state index contributed by atoms with van der Waals surface area (Å²) in [5.74, 6) is -0.102. The minimum atomic E-state index is -0.474. The molecule has 7 heteroatoms. The van der Waals surface area contributed by atoms with Gasteiger partial charge in [0.2, 0.25) is 0 Å². The fourth-order valence-electron chi connectivity index (χ4n) is 5.35. The Morgan fingerprint density at radius 2 is 1.84 bits per heavy atom. The molecule has 4 rings (SSSR count). The Bertz CT molecular complexity index is 1340. The number of carbonyl (C=O) groups is 2. The second kappa shape index (κ2) is 10.9. The molecule has 2 aromatic carbocycles. The van der Waals surface area contributed by atoms with E-state index in [1.165, 1.54) is 0 Å². The van der Waals surface area contributed by atoms with Crippen molar-refractivity contribution in [2.45, 2.75) is 71.0 Å². The molecule has 0 aromatic heterocycles. The van der Waals surface area contributed by atoms with Gasteiger partial charge in [-0.2, -0.15) is 0 Å². The number of esters is 1. The minimum Gasteiger partial charge on any atom is -0.463 e. The highest BCUT2D eigenvalue weighted by Gasteiger charge is 2.43. The summed E-state index contributed by atoms with van der Waals surface area (Å²) in [5, 5.41) is 4.70. The van der Waals surface area contributed by atoms with Gasteiger partial charge < -0.3 is 10.1 Å². The lowest BCUT2D eigenvalue weighted by atomic mass is 9.68. The first kappa shape index (κ1) is 27.8. The van der Waals surface area contributed by atoms with Gasteiger partial charge in [0.25, 0.3) is 0 Å². The highest BCUT2D eigenvalue weighted by atomic mass is 35.5. The van der Waals surface area contributed by atoms with E-state index in [2.05, 4.69) is 38.2 Å². The maximum atomic E-state index is 13.6. The average molecular weight is 559 g/mol. The maximum absolute atomic E-state index is 13.6. The molecule has 0 amide bonds. The fraction of sp³-hybridized carbons (Fsp3) is 0.400. The number of halogens is 2. The summed E-state index contributed by atoms with van der Waals surface area (Å²) in [7, 11) is 0. The van der Waals surface area contributed by atoms with Gasteiger partial charge in [0, 0.05) is 45.0 Å². The molecule has 0 radical (unpaired) electrons. The topological polar surface area (TPSA) is 55.4 Å². The molecule has 37 heavy (non-hydrogen) atoms. The van der Waals surface area contributed by atoms with Crippen molar-refractivity contribution in [2.24, 2.45) is 5.41 Å². The van der Waals surface area contributed by atoms with Crippen LogP contribution < -0.4 is 5.32 Å². The number of rotatable bonds is 6. The molecule has 0 saturated heterocycles. The van der Waals surface area contributed by atoms with Crippen molar-refractivity contribution in [3.05, 3.63) is 85.2 Å². The number of ketones is 1. The van der Waals surface area contributed by atoms with E-state index in [0.717, 1.165) is 45.0 Å². The van der Waals surface area contributed by atoms with Crippen LogP contribution in [0.25, 0.3) is 0 Å². The standard InChI is InChI=1S/C30H33Cl2NO3S/c1-7-36-29(35)26-18(4)33-23-13-30(5,6)14-24(34)28(23)27(26)21-11-19(16(2)10-17(21)3)15-37-25-12-20(31)8-9-22(25)32/h8-12,27,33H,7,13-15H2,1-6H3. The molecule has 1 unspecified atom stereocenters. The number of Topliss-reactive ketones (excluding diaryl/α,β-unsaturated/α-hetero) is 1. The Morgan fingerprint density at radius 3 is 2.54 bits per heavy atom. The second-order valence-electron chi connectivity index (χ2n) is 10.6. The summed E-state index contributed by atoms with van der Waals surface area (Å²) in [5.41, 5.74) is 6.98. The number of dihydropyridines is 1. The van der Waals surface area contributed by atoms with Crippen LogP contribution in [-0.4, -0.2) is 18.4 Å². The van der Waals surface area contributed by atoms with Crippen molar-refractivity contribution in [1.29, 1.82) is 0 Å². The lowest BCUT2D eigenvalue weighted by Crippen LogP contribution is -2.39. The third-order valence-electron chi connectivity index (χ3n) is 7.05. The molecule has 4 nitrogen and oxygen atoms in total. The number of benzene rings is 2. The van der Waals surface area contributed by atoms with Crippen LogP contribution in [0.4, 0.5) is 0 Å². The van der Waals surface area contributed by atoms with Gasteiger partial charge in [-0.05, 0) is 80.0 Å². The first-order valence-electron chi connectivity index (χ1n) is 12.5. The van der Waals surface area contributed by atoms with Crippen molar-refractivity contribution in [3.8, 4) is 0 Å². The summed E-state index contributed by atoms with van der Waals surface area (Å²) in [4.78, 5) is 27.8. The highest BCUT2D eigenvalue weighted by Crippen LogP contribution is 2.48. The molecule has 196 valence electrons. The van der Waals surface area contributed by atoms with E-state index in [1.54, 1.807) is 30.8 Å². The lowest BCUT2D eigenvalue weighted by Gasteiger charge is -2.40. The normalized spacial score (nSPS) is 19.0. The summed E-state index contributed by atoms with van der Waals surface area (Å²) >= 11 is 14.2. The van der Waals surface area contributed by atoms with Crippen molar-refractivity contribution in [3.63, 3.8) is 0 Å². The number of ether oxygens (including phenoxy) is 1. The van der Waals surface area contributed by atoms with Crippen LogP contribution in [0.3, 0.4) is 0 Å². The van der Waals surface area contributed by atoms with Crippen molar-refractivity contribution in [2.75, 3.05) is 6.61 Å². The maximum Gasteiger partial charge on any atom is 0.336 e. The van der Waals surface area contributed by atoms with E-state index >= 15 is 0 Å². The van der Waals surface area contributed by atoms with Crippen LogP contribution in [0.5, 0.6) is 0 Å². The summed E-state index contributed by atoms with van der Waals surface area (Å²) in [6.45, 7) is 12.3. The third kappa shape index (κ3) is 5.79. The predicted molar refractivity (Wildman–Crippen MR) is 152 cm³/mol. The number of carbonyl (C=O) groups excluding carboxylic acids is 2. The zero-order valence-corrected chi connectivity index (χ0v) is 24.5. The van der Waals surface area contributed by atoms with Gasteiger partial charge in [-0.15, -0.1) is 11.8 Å². The zero-order valence-electron chi connectivity index (χ0n) is 22.2. The number of nitrogens with one attached hydrogen (secondary N) is 1. The van der Waals surface area contributed by atoms with Crippen LogP contribution in [0, 0.1) is 19.3 Å². The molecule has 2 aromatic rings. The average Bonchev–Trinajstić information content (AvgIpc) is 2.79. The van der Waals surface area contributed by atoms with Gasteiger partial charge in [-0.25, -0.2) is 4.79 Å². The SMILES string of the molecule is CCOC(=O)C1=C(C)NC2=C(C(=O)CC(C)(C)C2)C1c1cc(CSc2cc(Cl)ccc2Cl)c(C)cc1C. The van der Waals surface area contributed by atoms with Crippen LogP contribution in [0.15, 0.2) is 57.8 Å². The molecule has 1 aliphatic carbocycles. The number of allylic oxidation sites excluding steroid dienone is 3. The Hall–Kier alpha value is -2.21. The summed E-state index contributed by atoms with van der Waals surface area (Å²) in [6.07, 6.45) is 1.19. The molecule has 0 saturated carbocycles. The molecule has 1 atom stereocenters. The smallest absolute Gasteiger partial charge is 0.336 e. The molecule has 0 bridgehead atoms. The monoisotopic (exact) mass is 557 g/mol. The molecule has 2 aliphatic rings. The van der Waals surface area contributed by atoms with E-state index in [0.29, 0.717) is 33.4 Å². The lowest BCUT2D eigenvalue weighted by molar-refractivity contribution is -0.138. The third-order valence-corrected chi connectivity index (χ3v) is 8.83. The molecule has 1 heterocycles. The number of thioether (sulfide) groups is 1.